The van der Waals surface area contributed by atoms with Crippen LogP contribution in [0.2, 0.25) is 0 Å². The van der Waals surface area contributed by atoms with E-state index >= 15 is 0 Å². The summed E-state index contributed by atoms with van der Waals surface area (Å²) in [5.74, 6) is -0.624. The lowest BCUT2D eigenvalue weighted by atomic mass is 9.81. The molecule has 7 heteroatoms. The predicted octanol–water partition coefficient (Wildman–Crippen LogP) is 2.11. The number of hydrogen-bond donors (Lipinski definition) is 1. The molecule has 2 aromatic rings. The van der Waals surface area contributed by atoms with E-state index in [0.717, 1.165) is 36.8 Å². The zero-order chi connectivity index (χ0) is 20.2. The third-order valence-electron chi connectivity index (χ3n) is 5.91. The van der Waals surface area contributed by atoms with Crippen molar-refractivity contribution in [3.8, 4) is 0 Å². The van der Waals surface area contributed by atoms with E-state index in [1.165, 1.54) is 4.90 Å². The Kier molecular flexibility index (Phi) is 5.74. The summed E-state index contributed by atoms with van der Waals surface area (Å²) in [4.78, 5) is 38.4. The van der Waals surface area contributed by atoms with Crippen LogP contribution >= 0.6 is 0 Å². The van der Waals surface area contributed by atoms with E-state index in [9.17, 15) is 14.4 Å². The van der Waals surface area contributed by atoms with Crippen LogP contribution in [0.15, 0.2) is 42.7 Å². The second kappa shape index (κ2) is 8.59. The molecule has 1 aliphatic carbocycles. The molecule has 2 atom stereocenters. The third-order valence-corrected chi connectivity index (χ3v) is 5.91. The molecule has 3 amide bonds. The van der Waals surface area contributed by atoms with Crippen LogP contribution in [-0.4, -0.2) is 38.9 Å². The average Bonchev–Trinajstić information content (AvgIpc) is 3.33. The van der Waals surface area contributed by atoms with Crippen molar-refractivity contribution >= 4 is 17.7 Å². The topological polar surface area (TPSA) is 84.3 Å². The van der Waals surface area contributed by atoms with Gasteiger partial charge in [-0.25, -0.2) is 0 Å². The van der Waals surface area contributed by atoms with Gasteiger partial charge in [0.15, 0.2) is 0 Å². The van der Waals surface area contributed by atoms with Gasteiger partial charge in [-0.15, -0.1) is 0 Å². The Morgan fingerprint density at radius 2 is 1.69 bits per heavy atom. The van der Waals surface area contributed by atoms with Gasteiger partial charge in [-0.3, -0.25) is 24.0 Å². The van der Waals surface area contributed by atoms with Crippen molar-refractivity contribution in [1.82, 2.24) is 20.0 Å². The second-order valence-electron chi connectivity index (χ2n) is 7.87. The summed E-state index contributed by atoms with van der Waals surface area (Å²) in [5, 5.41) is 7.06. The molecule has 1 aliphatic heterocycles. The molecule has 0 bridgehead atoms. The summed E-state index contributed by atoms with van der Waals surface area (Å²) >= 11 is 0. The van der Waals surface area contributed by atoms with Crippen LogP contribution in [-0.2, 0) is 27.5 Å². The van der Waals surface area contributed by atoms with E-state index in [0.29, 0.717) is 13.1 Å². The molecule has 2 unspecified atom stereocenters. The van der Waals surface area contributed by atoms with Gasteiger partial charge in [-0.05, 0) is 30.0 Å². The Balaban J connectivity index is 1.23. The van der Waals surface area contributed by atoms with Crippen molar-refractivity contribution < 1.29 is 14.4 Å². The van der Waals surface area contributed by atoms with Gasteiger partial charge in [0.2, 0.25) is 17.7 Å². The minimum Gasteiger partial charge on any atom is -0.352 e. The highest BCUT2D eigenvalue weighted by Gasteiger charge is 2.47. The van der Waals surface area contributed by atoms with Gasteiger partial charge in [0.1, 0.15) is 0 Å². The lowest BCUT2D eigenvalue weighted by Crippen LogP contribution is -2.35. The van der Waals surface area contributed by atoms with E-state index in [1.54, 1.807) is 6.20 Å². The first kappa shape index (κ1) is 19.4. The third kappa shape index (κ3) is 4.39. The standard InChI is InChI=1S/C22H26N4O3/c27-20(10-13-26-21(28)18-4-1-2-5-19(18)22(26)29)23-14-16-6-8-17(9-7-16)15-25-12-3-11-24-25/h3,6-9,11-12,18-19H,1-2,4-5,10,13-15H2,(H,23,27). The quantitative estimate of drug-likeness (QED) is 0.729. The van der Waals surface area contributed by atoms with E-state index in [2.05, 4.69) is 10.4 Å². The van der Waals surface area contributed by atoms with Gasteiger partial charge in [0.25, 0.3) is 0 Å². The fourth-order valence-corrected chi connectivity index (χ4v) is 4.30. The smallest absolute Gasteiger partial charge is 0.233 e. The Morgan fingerprint density at radius 3 is 2.31 bits per heavy atom. The van der Waals surface area contributed by atoms with Crippen LogP contribution in [0, 0.1) is 11.8 Å². The molecular weight excluding hydrogens is 368 g/mol. The molecule has 1 N–H and O–H groups in total. The van der Waals surface area contributed by atoms with Crippen molar-refractivity contribution in [1.29, 1.82) is 0 Å². The Morgan fingerprint density at radius 1 is 1.03 bits per heavy atom. The maximum absolute atomic E-state index is 12.5. The Bertz CT molecular complexity index is 852. The van der Waals surface area contributed by atoms with E-state index in [1.807, 2.05) is 41.2 Å². The maximum Gasteiger partial charge on any atom is 0.233 e. The molecule has 2 fully saturated rings. The lowest BCUT2D eigenvalue weighted by Gasteiger charge is -2.19. The highest BCUT2D eigenvalue weighted by molar-refractivity contribution is 6.05. The number of imide groups is 1. The number of amides is 3. The summed E-state index contributed by atoms with van der Waals surface area (Å²) in [6.45, 7) is 1.31. The number of likely N-dealkylation sites (tertiary alicyclic amines) is 1. The minimum absolute atomic E-state index is 0.0831. The highest BCUT2D eigenvalue weighted by Crippen LogP contribution is 2.37. The number of fused-ring (bicyclic) bond motifs is 1. The fourth-order valence-electron chi connectivity index (χ4n) is 4.30. The molecule has 2 aliphatic rings. The van der Waals surface area contributed by atoms with Crippen molar-refractivity contribution in [3.63, 3.8) is 0 Å². The summed E-state index contributed by atoms with van der Waals surface area (Å²) in [6, 6.07) is 9.90. The van der Waals surface area contributed by atoms with E-state index < -0.39 is 0 Å². The van der Waals surface area contributed by atoms with Crippen LogP contribution < -0.4 is 5.32 Å². The molecular formula is C22H26N4O3. The summed E-state index contributed by atoms with van der Waals surface area (Å²) in [5.41, 5.74) is 2.14. The summed E-state index contributed by atoms with van der Waals surface area (Å²) < 4.78 is 1.86. The van der Waals surface area contributed by atoms with Gasteiger partial charge in [-0.1, -0.05) is 37.1 Å². The predicted molar refractivity (Wildman–Crippen MR) is 106 cm³/mol. The molecule has 2 heterocycles. The molecule has 1 aromatic heterocycles. The molecule has 0 spiro atoms. The molecule has 7 nitrogen and oxygen atoms in total. The number of nitrogens with one attached hydrogen (secondary N) is 1. The largest absolute Gasteiger partial charge is 0.352 e. The number of rotatable bonds is 7. The number of benzene rings is 1. The van der Waals surface area contributed by atoms with Crippen molar-refractivity contribution in [2.75, 3.05) is 6.54 Å². The number of aromatic nitrogens is 2. The van der Waals surface area contributed by atoms with Gasteiger partial charge >= 0.3 is 0 Å². The van der Waals surface area contributed by atoms with Crippen molar-refractivity contribution in [2.24, 2.45) is 11.8 Å². The van der Waals surface area contributed by atoms with Crippen LogP contribution in [0.1, 0.15) is 43.2 Å². The van der Waals surface area contributed by atoms with E-state index in [-0.39, 0.29) is 42.5 Å². The van der Waals surface area contributed by atoms with Gasteiger partial charge in [0, 0.05) is 31.9 Å². The number of hydrogen-bond acceptors (Lipinski definition) is 4. The first-order chi connectivity index (χ1) is 14.1. The normalized spacial score (nSPS) is 21.3. The SMILES string of the molecule is O=C(CCN1C(=O)C2CCCCC2C1=O)NCc1ccc(Cn2cccn2)cc1. The molecule has 29 heavy (non-hydrogen) atoms. The molecule has 1 saturated heterocycles. The zero-order valence-corrected chi connectivity index (χ0v) is 16.4. The number of carbonyl (C=O) groups excluding carboxylic acids is 3. The van der Waals surface area contributed by atoms with Crippen LogP contribution in [0.25, 0.3) is 0 Å². The first-order valence-electron chi connectivity index (χ1n) is 10.3. The number of carbonyl (C=O) groups is 3. The molecule has 1 aromatic carbocycles. The first-order valence-corrected chi connectivity index (χ1v) is 10.3. The summed E-state index contributed by atoms with van der Waals surface area (Å²) in [6.07, 6.45) is 7.43. The van der Waals surface area contributed by atoms with Crippen molar-refractivity contribution in [2.45, 2.75) is 45.2 Å². The maximum atomic E-state index is 12.5. The van der Waals surface area contributed by atoms with Crippen LogP contribution in [0.4, 0.5) is 0 Å². The monoisotopic (exact) mass is 394 g/mol. The Hall–Kier alpha value is -2.96. The van der Waals surface area contributed by atoms with Crippen LogP contribution in [0.3, 0.4) is 0 Å². The van der Waals surface area contributed by atoms with Gasteiger partial charge in [-0.2, -0.15) is 5.10 Å². The zero-order valence-electron chi connectivity index (χ0n) is 16.4. The minimum atomic E-state index is -0.153. The fraction of sp³-hybridized carbons (Fsp3) is 0.455. The van der Waals surface area contributed by atoms with Gasteiger partial charge < -0.3 is 5.32 Å². The van der Waals surface area contributed by atoms with Crippen LogP contribution in [0.5, 0.6) is 0 Å². The van der Waals surface area contributed by atoms with E-state index in [4.69, 9.17) is 0 Å². The Labute approximate surface area is 170 Å². The molecule has 1 saturated carbocycles. The van der Waals surface area contributed by atoms with Gasteiger partial charge in [0.05, 0.1) is 18.4 Å². The molecule has 152 valence electrons. The van der Waals surface area contributed by atoms with Crippen molar-refractivity contribution in [3.05, 3.63) is 53.9 Å². The highest BCUT2D eigenvalue weighted by atomic mass is 16.2. The lowest BCUT2D eigenvalue weighted by molar-refractivity contribution is -0.140. The molecule has 4 rings (SSSR count). The second-order valence-corrected chi connectivity index (χ2v) is 7.87. The summed E-state index contributed by atoms with van der Waals surface area (Å²) in [7, 11) is 0. The molecule has 0 radical (unpaired) electrons. The average molecular weight is 394 g/mol. The number of nitrogens with zero attached hydrogens (tertiary/aromatic N) is 3.